The van der Waals surface area contributed by atoms with Crippen LogP contribution in [0.25, 0.3) is 0 Å². The topological polar surface area (TPSA) is 38.3 Å². The van der Waals surface area contributed by atoms with Crippen LogP contribution in [0.15, 0.2) is 0 Å². The van der Waals surface area contributed by atoms with Gasteiger partial charge in [0.2, 0.25) is 0 Å². The standard InChI is InChI=1S/C8H13NO2/c10-7-1-4-9-8(7)2-5-11-6-3-8/h9H,1-6H2. The molecule has 1 N–H and O–H groups in total. The smallest absolute Gasteiger partial charge is 0.154 e. The van der Waals surface area contributed by atoms with E-state index in [0.29, 0.717) is 12.2 Å². The average Bonchev–Trinajstić information content (AvgIpc) is 2.36. The minimum Gasteiger partial charge on any atom is -0.381 e. The Morgan fingerprint density at radius 1 is 1.36 bits per heavy atom. The molecule has 2 aliphatic heterocycles. The molecule has 2 heterocycles. The first kappa shape index (κ1) is 7.25. The van der Waals surface area contributed by atoms with Crippen molar-refractivity contribution >= 4 is 5.78 Å². The quantitative estimate of drug-likeness (QED) is 0.539. The van der Waals surface area contributed by atoms with Crippen molar-refractivity contribution in [3.05, 3.63) is 0 Å². The highest BCUT2D eigenvalue weighted by atomic mass is 16.5. The monoisotopic (exact) mass is 155 g/mol. The van der Waals surface area contributed by atoms with Gasteiger partial charge >= 0.3 is 0 Å². The molecule has 0 atom stereocenters. The second kappa shape index (κ2) is 2.57. The van der Waals surface area contributed by atoms with E-state index in [1.54, 1.807) is 0 Å². The van der Waals surface area contributed by atoms with Gasteiger partial charge in [-0.1, -0.05) is 0 Å². The number of ketones is 1. The van der Waals surface area contributed by atoms with Gasteiger partial charge in [0.1, 0.15) is 0 Å². The van der Waals surface area contributed by atoms with Gasteiger partial charge in [0, 0.05) is 26.2 Å². The van der Waals surface area contributed by atoms with Gasteiger partial charge in [-0.3, -0.25) is 4.79 Å². The third kappa shape index (κ3) is 1.08. The Labute approximate surface area is 66.1 Å². The van der Waals surface area contributed by atoms with Crippen molar-refractivity contribution in [2.75, 3.05) is 19.8 Å². The van der Waals surface area contributed by atoms with Crippen molar-refractivity contribution in [1.29, 1.82) is 0 Å². The molecule has 0 bridgehead atoms. The summed E-state index contributed by atoms with van der Waals surface area (Å²) in [6.45, 7) is 2.33. The number of ether oxygens (including phenoxy) is 1. The van der Waals surface area contributed by atoms with Crippen LogP contribution in [0.4, 0.5) is 0 Å². The molecule has 11 heavy (non-hydrogen) atoms. The molecule has 0 aromatic heterocycles. The van der Waals surface area contributed by atoms with Gasteiger partial charge in [0.05, 0.1) is 5.54 Å². The van der Waals surface area contributed by atoms with E-state index in [9.17, 15) is 4.79 Å². The van der Waals surface area contributed by atoms with Crippen LogP contribution in [-0.4, -0.2) is 31.1 Å². The maximum Gasteiger partial charge on any atom is 0.154 e. The van der Waals surface area contributed by atoms with Crippen molar-refractivity contribution < 1.29 is 9.53 Å². The first-order valence-corrected chi connectivity index (χ1v) is 4.20. The molecular formula is C8H13NO2. The molecule has 0 aliphatic carbocycles. The lowest BCUT2D eigenvalue weighted by molar-refractivity contribution is -0.125. The van der Waals surface area contributed by atoms with E-state index in [1.807, 2.05) is 0 Å². The maximum atomic E-state index is 11.4. The van der Waals surface area contributed by atoms with Crippen LogP contribution in [0, 0.1) is 0 Å². The highest BCUT2D eigenvalue weighted by Gasteiger charge is 2.42. The van der Waals surface area contributed by atoms with E-state index >= 15 is 0 Å². The van der Waals surface area contributed by atoms with E-state index in [0.717, 1.165) is 32.6 Å². The largest absolute Gasteiger partial charge is 0.381 e. The van der Waals surface area contributed by atoms with E-state index in [2.05, 4.69) is 5.32 Å². The lowest BCUT2D eigenvalue weighted by atomic mass is 9.88. The summed E-state index contributed by atoms with van der Waals surface area (Å²) in [6.07, 6.45) is 2.44. The van der Waals surface area contributed by atoms with Crippen molar-refractivity contribution in [1.82, 2.24) is 5.32 Å². The molecule has 0 saturated carbocycles. The number of rotatable bonds is 0. The maximum absolute atomic E-state index is 11.4. The summed E-state index contributed by atoms with van der Waals surface area (Å²) in [7, 11) is 0. The van der Waals surface area contributed by atoms with E-state index in [1.165, 1.54) is 0 Å². The third-order valence-corrected chi connectivity index (χ3v) is 2.70. The molecule has 2 aliphatic rings. The molecule has 2 fully saturated rings. The Morgan fingerprint density at radius 2 is 2.09 bits per heavy atom. The van der Waals surface area contributed by atoms with Crippen molar-refractivity contribution in [3.63, 3.8) is 0 Å². The Morgan fingerprint density at radius 3 is 2.64 bits per heavy atom. The zero-order chi connectivity index (χ0) is 7.73. The molecule has 2 rings (SSSR count). The second-order valence-corrected chi connectivity index (χ2v) is 3.29. The number of carbonyl (C=O) groups excluding carboxylic acids is 1. The van der Waals surface area contributed by atoms with Crippen molar-refractivity contribution in [2.45, 2.75) is 24.8 Å². The number of hydrogen-bond acceptors (Lipinski definition) is 3. The molecule has 0 aromatic rings. The SMILES string of the molecule is O=C1CCNC12CCOCC2. The van der Waals surface area contributed by atoms with Crippen LogP contribution in [0.5, 0.6) is 0 Å². The van der Waals surface area contributed by atoms with E-state index in [4.69, 9.17) is 4.74 Å². The summed E-state index contributed by atoms with van der Waals surface area (Å²) in [5, 5.41) is 3.29. The van der Waals surface area contributed by atoms with E-state index in [-0.39, 0.29) is 5.54 Å². The summed E-state index contributed by atoms with van der Waals surface area (Å²) in [5.74, 6) is 0.390. The predicted molar refractivity (Wildman–Crippen MR) is 40.4 cm³/mol. The molecule has 1 spiro atoms. The molecule has 3 nitrogen and oxygen atoms in total. The van der Waals surface area contributed by atoms with Gasteiger partial charge in [-0.05, 0) is 12.8 Å². The number of Topliss-reactive ketones (excluding diaryl/α,β-unsaturated/α-hetero) is 1. The molecule has 0 amide bonds. The van der Waals surface area contributed by atoms with Crippen LogP contribution in [0.2, 0.25) is 0 Å². The van der Waals surface area contributed by atoms with Crippen LogP contribution in [-0.2, 0) is 9.53 Å². The summed E-state index contributed by atoms with van der Waals surface area (Å²) in [5.41, 5.74) is -0.182. The van der Waals surface area contributed by atoms with Crippen LogP contribution < -0.4 is 5.32 Å². The molecule has 3 heteroatoms. The lowest BCUT2D eigenvalue weighted by Gasteiger charge is -2.31. The lowest BCUT2D eigenvalue weighted by Crippen LogP contribution is -2.49. The Hall–Kier alpha value is -0.410. The fourth-order valence-corrected chi connectivity index (χ4v) is 1.93. The van der Waals surface area contributed by atoms with Crippen LogP contribution in [0.3, 0.4) is 0 Å². The molecule has 0 radical (unpaired) electrons. The van der Waals surface area contributed by atoms with Crippen LogP contribution >= 0.6 is 0 Å². The van der Waals surface area contributed by atoms with Crippen molar-refractivity contribution in [2.24, 2.45) is 0 Å². The van der Waals surface area contributed by atoms with Gasteiger partial charge < -0.3 is 10.1 Å². The first-order chi connectivity index (χ1) is 5.33. The summed E-state index contributed by atoms with van der Waals surface area (Å²) >= 11 is 0. The highest BCUT2D eigenvalue weighted by Crippen LogP contribution is 2.26. The summed E-state index contributed by atoms with van der Waals surface area (Å²) < 4.78 is 5.21. The fraction of sp³-hybridized carbons (Fsp3) is 0.875. The number of carbonyl (C=O) groups is 1. The van der Waals surface area contributed by atoms with E-state index < -0.39 is 0 Å². The Bertz CT molecular complexity index is 173. The summed E-state index contributed by atoms with van der Waals surface area (Å²) in [4.78, 5) is 11.4. The predicted octanol–water partition coefficient (Wildman–Crippen LogP) is 0.0980. The molecule has 2 saturated heterocycles. The van der Waals surface area contributed by atoms with Crippen molar-refractivity contribution in [3.8, 4) is 0 Å². The third-order valence-electron chi connectivity index (χ3n) is 2.70. The Kier molecular flexibility index (Phi) is 1.69. The molecule has 62 valence electrons. The normalized spacial score (nSPS) is 29.6. The van der Waals surface area contributed by atoms with Gasteiger partial charge in [0.15, 0.2) is 5.78 Å². The number of nitrogens with one attached hydrogen (secondary N) is 1. The first-order valence-electron chi connectivity index (χ1n) is 4.20. The molecule has 0 aromatic carbocycles. The molecule has 0 unspecified atom stereocenters. The average molecular weight is 155 g/mol. The molecular weight excluding hydrogens is 142 g/mol. The summed E-state index contributed by atoms with van der Waals surface area (Å²) in [6, 6.07) is 0. The fourth-order valence-electron chi connectivity index (χ4n) is 1.93. The van der Waals surface area contributed by atoms with Gasteiger partial charge in [-0.2, -0.15) is 0 Å². The Balaban J connectivity index is 2.12. The minimum absolute atomic E-state index is 0.182. The minimum atomic E-state index is -0.182. The zero-order valence-corrected chi connectivity index (χ0v) is 6.56. The van der Waals surface area contributed by atoms with Gasteiger partial charge in [-0.25, -0.2) is 0 Å². The second-order valence-electron chi connectivity index (χ2n) is 3.29. The zero-order valence-electron chi connectivity index (χ0n) is 6.56. The van der Waals surface area contributed by atoms with Crippen LogP contribution in [0.1, 0.15) is 19.3 Å². The van der Waals surface area contributed by atoms with Gasteiger partial charge in [-0.15, -0.1) is 0 Å². The van der Waals surface area contributed by atoms with Gasteiger partial charge in [0.25, 0.3) is 0 Å². The number of hydrogen-bond donors (Lipinski definition) is 1. The highest BCUT2D eigenvalue weighted by molar-refractivity contribution is 5.90.